The molecule has 1 rings (SSSR count). The van der Waals surface area contributed by atoms with Gasteiger partial charge in [0.25, 0.3) is 0 Å². The maximum atomic E-state index is 12.1. The Morgan fingerprint density at radius 1 is 1.37 bits per heavy atom. The summed E-state index contributed by atoms with van der Waals surface area (Å²) in [6, 6.07) is 6.82. The maximum absolute atomic E-state index is 12.1. The second kappa shape index (κ2) is 6.88. The van der Waals surface area contributed by atoms with E-state index in [4.69, 9.17) is 10.5 Å². The Labute approximate surface area is 115 Å². The van der Waals surface area contributed by atoms with Crippen molar-refractivity contribution < 1.29 is 13.2 Å². The van der Waals surface area contributed by atoms with Crippen molar-refractivity contribution in [2.45, 2.75) is 17.9 Å². The van der Waals surface area contributed by atoms with E-state index in [2.05, 4.69) is 0 Å². The summed E-state index contributed by atoms with van der Waals surface area (Å²) in [4.78, 5) is 2.20. The minimum absolute atomic E-state index is 0.0853. The van der Waals surface area contributed by atoms with Gasteiger partial charge in [-0.2, -0.15) is 0 Å². The average molecular weight is 286 g/mol. The molecule has 0 fully saturated rings. The fraction of sp³-hybridized carbons (Fsp3) is 0.538. The van der Waals surface area contributed by atoms with Crippen LogP contribution in [0.4, 0.5) is 5.69 Å². The van der Waals surface area contributed by atoms with Gasteiger partial charge in [-0.15, -0.1) is 0 Å². The molecule has 0 radical (unpaired) electrons. The van der Waals surface area contributed by atoms with Gasteiger partial charge in [0, 0.05) is 26.7 Å². The summed E-state index contributed by atoms with van der Waals surface area (Å²) >= 11 is 0. The number of hydrogen-bond acceptors (Lipinski definition) is 5. The zero-order valence-corrected chi connectivity index (χ0v) is 12.5. The van der Waals surface area contributed by atoms with E-state index in [1.165, 1.54) is 0 Å². The Hall–Kier alpha value is -1.11. The van der Waals surface area contributed by atoms with Crippen LogP contribution in [0.2, 0.25) is 0 Å². The van der Waals surface area contributed by atoms with Crippen molar-refractivity contribution in [3.63, 3.8) is 0 Å². The Kier molecular flexibility index (Phi) is 5.78. The van der Waals surface area contributed by atoms with Crippen molar-refractivity contribution in [1.82, 2.24) is 0 Å². The lowest BCUT2D eigenvalue weighted by molar-refractivity contribution is 0.181. The first-order valence-electron chi connectivity index (χ1n) is 6.19. The van der Waals surface area contributed by atoms with Gasteiger partial charge in [0.1, 0.15) is 0 Å². The topological polar surface area (TPSA) is 72.6 Å². The summed E-state index contributed by atoms with van der Waals surface area (Å²) in [5.41, 5.74) is 6.57. The molecule has 0 amide bonds. The van der Waals surface area contributed by atoms with Gasteiger partial charge in [0.15, 0.2) is 9.84 Å². The van der Waals surface area contributed by atoms with Gasteiger partial charge in [-0.05, 0) is 12.1 Å². The summed E-state index contributed by atoms with van der Waals surface area (Å²) in [5, 5.41) is 0. The van der Waals surface area contributed by atoms with E-state index in [1.807, 2.05) is 18.0 Å². The number of sulfone groups is 1. The number of nitrogens with two attached hydrogens (primary N) is 1. The Balaban J connectivity index is 3.01. The van der Waals surface area contributed by atoms with Crippen LogP contribution in [0.1, 0.15) is 6.92 Å². The van der Waals surface area contributed by atoms with E-state index in [9.17, 15) is 8.42 Å². The predicted molar refractivity (Wildman–Crippen MR) is 77.3 cm³/mol. The molecule has 2 N–H and O–H groups in total. The molecule has 108 valence electrons. The minimum atomic E-state index is -3.24. The van der Waals surface area contributed by atoms with Gasteiger partial charge in [-0.3, -0.25) is 0 Å². The Morgan fingerprint density at radius 3 is 2.58 bits per heavy atom. The summed E-state index contributed by atoms with van der Waals surface area (Å²) < 4.78 is 29.1. The number of likely N-dealkylation sites (N-methyl/N-ethyl adjacent to an activating group) is 1. The van der Waals surface area contributed by atoms with Crippen molar-refractivity contribution in [3.8, 4) is 0 Å². The second-order valence-corrected chi connectivity index (χ2v) is 6.71. The zero-order valence-electron chi connectivity index (χ0n) is 11.7. The fourth-order valence-corrected chi connectivity index (χ4v) is 3.05. The monoisotopic (exact) mass is 286 g/mol. The largest absolute Gasteiger partial charge is 0.383 e. The number of anilines is 1. The number of benzene rings is 1. The van der Waals surface area contributed by atoms with Gasteiger partial charge >= 0.3 is 0 Å². The molecule has 19 heavy (non-hydrogen) atoms. The number of hydrogen-bond donors (Lipinski definition) is 1. The molecule has 1 atom stereocenters. The van der Waals surface area contributed by atoms with Crippen LogP contribution in [0, 0.1) is 0 Å². The molecular formula is C13H22N2O3S. The summed E-state index contributed by atoms with van der Waals surface area (Å²) in [7, 11) is 0.190. The first-order valence-corrected chi connectivity index (χ1v) is 7.85. The van der Waals surface area contributed by atoms with Gasteiger partial charge in [-0.1, -0.05) is 19.1 Å². The molecule has 0 aromatic heterocycles. The van der Waals surface area contributed by atoms with Crippen LogP contribution in [0.25, 0.3) is 0 Å². The molecule has 6 heteroatoms. The van der Waals surface area contributed by atoms with E-state index in [1.54, 1.807) is 32.2 Å². The lowest BCUT2D eigenvalue weighted by Crippen LogP contribution is -2.38. The first kappa shape index (κ1) is 15.9. The lowest BCUT2D eigenvalue weighted by atomic mass is 10.2. The average Bonchev–Trinajstić information content (AvgIpc) is 2.39. The van der Waals surface area contributed by atoms with E-state index in [0.29, 0.717) is 23.7 Å². The predicted octanol–water partition coefficient (Wildman–Crippen LogP) is 0.890. The van der Waals surface area contributed by atoms with Crippen molar-refractivity contribution in [3.05, 3.63) is 24.3 Å². The van der Waals surface area contributed by atoms with Crippen molar-refractivity contribution in [1.29, 1.82) is 0 Å². The highest BCUT2D eigenvalue weighted by molar-refractivity contribution is 7.91. The van der Waals surface area contributed by atoms with Gasteiger partial charge in [-0.25, -0.2) is 8.42 Å². The number of methoxy groups -OCH3 is 1. The van der Waals surface area contributed by atoms with Gasteiger partial charge in [0.05, 0.1) is 22.9 Å². The molecule has 0 spiro atoms. The molecule has 0 saturated carbocycles. The SMILES string of the molecule is CCS(=O)(=O)c1ccccc1N(C)CC(N)COC. The van der Waals surface area contributed by atoms with Crippen LogP contribution in [0.3, 0.4) is 0 Å². The van der Waals surface area contributed by atoms with Crippen molar-refractivity contribution in [2.75, 3.05) is 38.0 Å². The third kappa shape index (κ3) is 4.19. The number of para-hydroxylation sites is 1. The molecule has 0 aliphatic carbocycles. The molecule has 0 aliphatic heterocycles. The van der Waals surface area contributed by atoms with Crippen LogP contribution >= 0.6 is 0 Å². The summed E-state index contributed by atoms with van der Waals surface area (Å²) in [5.74, 6) is 0.0853. The zero-order chi connectivity index (χ0) is 14.5. The van der Waals surface area contributed by atoms with Gasteiger partial charge < -0.3 is 15.4 Å². The third-order valence-electron chi connectivity index (χ3n) is 2.88. The number of ether oxygens (including phenoxy) is 1. The van der Waals surface area contributed by atoms with Crippen LogP contribution in [0.15, 0.2) is 29.2 Å². The Morgan fingerprint density at radius 2 is 2.00 bits per heavy atom. The van der Waals surface area contributed by atoms with Gasteiger partial charge in [0.2, 0.25) is 0 Å². The molecule has 0 bridgehead atoms. The van der Waals surface area contributed by atoms with Crippen molar-refractivity contribution in [2.24, 2.45) is 5.73 Å². The first-order chi connectivity index (χ1) is 8.92. The fourth-order valence-electron chi connectivity index (χ4n) is 1.91. The lowest BCUT2D eigenvalue weighted by Gasteiger charge is -2.25. The molecule has 0 heterocycles. The molecule has 1 aromatic carbocycles. The van der Waals surface area contributed by atoms with E-state index in [-0.39, 0.29) is 11.8 Å². The molecule has 5 nitrogen and oxygen atoms in total. The standard InChI is InChI=1S/C13H22N2O3S/c1-4-19(16,17)13-8-6-5-7-12(13)15(2)9-11(14)10-18-3/h5-8,11H,4,9-10,14H2,1-3H3. The van der Waals surface area contributed by atoms with E-state index < -0.39 is 9.84 Å². The smallest absolute Gasteiger partial charge is 0.180 e. The maximum Gasteiger partial charge on any atom is 0.180 e. The molecule has 0 aliphatic rings. The highest BCUT2D eigenvalue weighted by Crippen LogP contribution is 2.25. The van der Waals surface area contributed by atoms with Crippen LogP contribution in [-0.2, 0) is 14.6 Å². The minimum Gasteiger partial charge on any atom is -0.383 e. The molecular weight excluding hydrogens is 264 g/mol. The highest BCUT2D eigenvalue weighted by Gasteiger charge is 2.19. The molecule has 1 aromatic rings. The van der Waals surface area contributed by atoms with Crippen LogP contribution in [-0.4, -0.2) is 47.5 Å². The Bertz CT molecular complexity index is 502. The molecule has 0 saturated heterocycles. The summed E-state index contributed by atoms with van der Waals surface area (Å²) in [6.07, 6.45) is 0. The van der Waals surface area contributed by atoms with Crippen LogP contribution < -0.4 is 10.6 Å². The van der Waals surface area contributed by atoms with Crippen LogP contribution in [0.5, 0.6) is 0 Å². The molecule has 1 unspecified atom stereocenters. The number of nitrogens with zero attached hydrogens (tertiary/aromatic N) is 1. The van der Waals surface area contributed by atoms with Crippen molar-refractivity contribution >= 4 is 15.5 Å². The second-order valence-electron chi connectivity index (χ2n) is 4.47. The summed E-state index contributed by atoms with van der Waals surface area (Å²) in [6.45, 7) is 2.61. The highest BCUT2D eigenvalue weighted by atomic mass is 32.2. The quantitative estimate of drug-likeness (QED) is 0.806. The van der Waals surface area contributed by atoms with E-state index in [0.717, 1.165) is 0 Å². The van der Waals surface area contributed by atoms with E-state index >= 15 is 0 Å². The normalized spacial score (nSPS) is 13.3. The third-order valence-corrected chi connectivity index (χ3v) is 4.66. The number of rotatable bonds is 7.